The van der Waals surface area contributed by atoms with E-state index >= 15 is 0 Å². The van der Waals surface area contributed by atoms with E-state index in [-0.39, 0.29) is 16.6 Å². The summed E-state index contributed by atoms with van der Waals surface area (Å²) in [5.74, 6) is 0. The molecule has 4 nitrogen and oxygen atoms in total. The average molecular weight is 375 g/mol. The van der Waals surface area contributed by atoms with Crippen LogP contribution in [0.1, 0.15) is 5.56 Å². The van der Waals surface area contributed by atoms with Crippen LogP contribution in [-0.4, -0.2) is 33.5 Å². The Morgan fingerprint density at radius 1 is 1.25 bits per heavy atom. The fourth-order valence-electron chi connectivity index (χ4n) is 1.72. The molecule has 1 aliphatic rings. The van der Waals surface area contributed by atoms with Crippen LogP contribution >= 0.6 is 46.6 Å². The maximum absolute atomic E-state index is 12.5. The van der Waals surface area contributed by atoms with E-state index in [0.29, 0.717) is 0 Å². The Kier molecular flexibility index (Phi) is 4.64. The lowest BCUT2D eigenvalue weighted by molar-refractivity contribution is -0.110. The van der Waals surface area contributed by atoms with Crippen LogP contribution in [0, 0.1) is 6.92 Å². The fraction of sp³-hybridized carbons (Fsp3) is 0.364. The minimum atomic E-state index is -3.88. The molecule has 110 valence electrons. The van der Waals surface area contributed by atoms with Gasteiger partial charge in [0.25, 0.3) is 0 Å². The summed E-state index contributed by atoms with van der Waals surface area (Å²) in [6.45, 7) is 1.54. The summed E-state index contributed by atoms with van der Waals surface area (Å²) in [7, 11) is -3.88. The Bertz CT molecular complexity index is 625. The molecule has 0 N–H and O–H groups in total. The monoisotopic (exact) mass is 373 g/mol. The molecule has 0 amide bonds. The SMILES string of the molecule is Cc1ccc(S(=O)(=O)N2CC(=O)S[C@@H]2C(Cl)(Cl)Cl)cc1. The van der Waals surface area contributed by atoms with E-state index < -0.39 is 19.2 Å². The van der Waals surface area contributed by atoms with Crippen LogP contribution in [0.3, 0.4) is 0 Å². The topological polar surface area (TPSA) is 54.5 Å². The van der Waals surface area contributed by atoms with E-state index in [0.717, 1.165) is 21.6 Å². The molecule has 1 heterocycles. The summed E-state index contributed by atoms with van der Waals surface area (Å²) in [6.07, 6.45) is 0. The quantitative estimate of drug-likeness (QED) is 0.747. The van der Waals surface area contributed by atoms with Crippen LogP contribution in [0.5, 0.6) is 0 Å². The molecule has 0 radical (unpaired) electrons. The van der Waals surface area contributed by atoms with Gasteiger partial charge < -0.3 is 0 Å². The fourth-order valence-corrected chi connectivity index (χ4v) is 5.43. The van der Waals surface area contributed by atoms with Crippen LogP contribution in [0.15, 0.2) is 29.2 Å². The van der Waals surface area contributed by atoms with Crippen molar-refractivity contribution in [3.05, 3.63) is 29.8 Å². The van der Waals surface area contributed by atoms with Gasteiger partial charge in [0.2, 0.25) is 18.9 Å². The van der Waals surface area contributed by atoms with Crippen LogP contribution in [0.4, 0.5) is 0 Å². The maximum atomic E-state index is 12.5. The number of nitrogens with zero attached hydrogens (tertiary/aromatic N) is 1. The smallest absolute Gasteiger partial charge is 0.244 e. The Morgan fingerprint density at radius 2 is 1.80 bits per heavy atom. The highest BCUT2D eigenvalue weighted by Crippen LogP contribution is 2.45. The van der Waals surface area contributed by atoms with Gasteiger partial charge in [-0.1, -0.05) is 64.3 Å². The van der Waals surface area contributed by atoms with Crippen molar-refractivity contribution < 1.29 is 13.2 Å². The lowest BCUT2D eigenvalue weighted by atomic mass is 10.2. The number of rotatable bonds is 2. The van der Waals surface area contributed by atoms with Crippen LogP contribution < -0.4 is 0 Å². The molecule has 0 bridgehead atoms. The Labute approximate surface area is 136 Å². The summed E-state index contributed by atoms with van der Waals surface area (Å²) in [4.78, 5) is 11.6. The van der Waals surface area contributed by atoms with Crippen molar-refractivity contribution >= 4 is 61.7 Å². The van der Waals surface area contributed by atoms with Crippen molar-refractivity contribution in [2.24, 2.45) is 0 Å². The highest BCUT2D eigenvalue weighted by Gasteiger charge is 2.50. The summed E-state index contributed by atoms with van der Waals surface area (Å²) in [6, 6.07) is 6.27. The van der Waals surface area contributed by atoms with Crippen molar-refractivity contribution in [2.45, 2.75) is 21.0 Å². The third kappa shape index (κ3) is 3.26. The number of hydrogen-bond donors (Lipinski definition) is 0. The molecule has 0 spiro atoms. The zero-order chi connectivity index (χ0) is 15.1. The predicted octanol–water partition coefficient (Wildman–Crippen LogP) is 2.96. The van der Waals surface area contributed by atoms with E-state index in [1.54, 1.807) is 12.1 Å². The van der Waals surface area contributed by atoms with Gasteiger partial charge in [-0.2, -0.15) is 4.31 Å². The number of aryl methyl sites for hydroxylation is 1. The third-order valence-electron chi connectivity index (χ3n) is 2.70. The normalized spacial score (nSPS) is 21.4. The molecule has 0 saturated carbocycles. The van der Waals surface area contributed by atoms with Crippen molar-refractivity contribution in [1.82, 2.24) is 4.31 Å². The average Bonchev–Trinajstić information content (AvgIpc) is 2.72. The lowest BCUT2D eigenvalue weighted by Gasteiger charge is -2.27. The van der Waals surface area contributed by atoms with E-state index in [1.165, 1.54) is 12.1 Å². The minimum Gasteiger partial charge on any atom is -0.286 e. The van der Waals surface area contributed by atoms with Crippen molar-refractivity contribution in [3.8, 4) is 0 Å². The molecule has 1 atom stereocenters. The first kappa shape index (κ1) is 16.4. The van der Waals surface area contributed by atoms with E-state index in [9.17, 15) is 13.2 Å². The van der Waals surface area contributed by atoms with Gasteiger partial charge in [0.05, 0.1) is 11.4 Å². The number of thioether (sulfide) groups is 1. The van der Waals surface area contributed by atoms with Gasteiger partial charge in [-0.3, -0.25) is 4.79 Å². The zero-order valence-electron chi connectivity index (χ0n) is 10.2. The standard InChI is InChI=1S/C11H10Cl3NO3S2/c1-7-2-4-8(5-3-7)20(17,18)15-6-9(16)19-10(15)11(12,13)14/h2-5,10H,6H2,1H3/t10-/m1/s1. The van der Waals surface area contributed by atoms with Gasteiger partial charge >= 0.3 is 0 Å². The molecule has 1 fully saturated rings. The van der Waals surface area contributed by atoms with Crippen LogP contribution in [0.2, 0.25) is 0 Å². The predicted molar refractivity (Wildman–Crippen MR) is 81.7 cm³/mol. The number of carbonyl (C=O) groups excluding carboxylic acids is 1. The second-order valence-corrected chi connectivity index (χ2v) is 9.64. The number of halogens is 3. The van der Waals surface area contributed by atoms with Crippen molar-refractivity contribution in [2.75, 3.05) is 6.54 Å². The molecular formula is C11H10Cl3NO3S2. The molecule has 2 rings (SSSR count). The lowest BCUT2D eigenvalue weighted by Crippen LogP contribution is -2.41. The maximum Gasteiger partial charge on any atom is 0.244 e. The largest absolute Gasteiger partial charge is 0.286 e. The second kappa shape index (κ2) is 5.66. The van der Waals surface area contributed by atoms with Gasteiger partial charge in [-0.05, 0) is 19.1 Å². The highest BCUT2D eigenvalue weighted by atomic mass is 35.6. The molecule has 1 aromatic rings. The van der Waals surface area contributed by atoms with Crippen molar-refractivity contribution in [1.29, 1.82) is 0 Å². The molecule has 1 saturated heterocycles. The second-order valence-electron chi connectivity index (χ2n) is 4.25. The third-order valence-corrected chi connectivity index (χ3v) is 6.89. The summed E-state index contributed by atoms with van der Waals surface area (Å²) < 4.78 is 24.1. The van der Waals surface area contributed by atoms with Gasteiger partial charge in [-0.25, -0.2) is 8.42 Å². The first-order chi connectivity index (χ1) is 9.12. The zero-order valence-corrected chi connectivity index (χ0v) is 14.1. The molecule has 20 heavy (non-hydrogen) atoms. The molecular weight excluding hydrogens is 365 g/mol. The van der Waals surface area contributed by atoms with Gasteiger partial charge in [-0.15, -0.1) is 0 Å². The summed E-state index contributed by atoms with van der Waals surface area (Å²) in [5, 5.41) is -1.41. The first-order valence-corrected chi connectivity index (χ1v) is 8.92. The number of hydrogen-bond acceptors (Lipinski definition) is 4. The van der Waals surface area contributed by atoms with Crippen LogP contribution in [0.25, 0.3) is 0 Å². The highest BCUT2D eigenvalue weighted by molar-refractivity contribution is 8.15. The summed E-state index contributed by atoms with van der Waals surface area (Å²) in [5.41, 5.74) is 0.925. The number of carbonyl (C=O) groups is 1. The Morgan fingerprint density at radius 3 is 2.30 bits per heavy atom. The Hall–Kier alpha value is 0.0200. The van der Waals surface area contributed by atoms with E-state index in [1.807, 2.05) is 6.92 Å². The Balaban J connectivity index is 2.42. The van der Waals surface area contributed by atoms with Gasteiger partial charge in [0.1, 0.15) is 5.37 Å². The molecule has 1 aliphatic heterocycles. The van der Waals surface area contributed by atoms with Crippen molar-refractivity contribution in [3.63, 3.8) is 0 Å². The molecule has 0 aromatic heterocycles. The number of sulfonamides is 1. The molecule has 0 unspecified atom stereocenters. The summed E-state index contributed by atoms with van der Waals surface area (Å²) >= 11 is 18.0. The van der Waals surface area contributed by atoms with E-state index in [2.05, 4.69) is 0 Å². The molecule has 9 heteroatoms. The van der Waals surface area contributed by atoms with E-state index in [4.69, 9.17) is 34.8 Å². The molecule has 1 aromatic carbocycles. The number of benzene rings is 1. The van der Waals surface area contributed by atoms with Gasteiger partial charge in [0, 0.05) is 0 Å². The minimum absolute atomic E-state index is 0.0673. The number of alkyl halides is 3. The van der Waals surface area contributed by atoms with Gasteiger partial charge in [0.15, 0.2) is 0 Å². The van der Waals surface area contributed by atoms with Crippen LogP contribution in [-0.2, 0) is 14.8 Å². The first-order valence-electron chi connectivity index (χ1n) is 5.47. The molecule has 0 aliphatic carbocycles.